The molecule has 0 saturated heterocycles. The molecule has 6 nitrogen and oxygen atoms in total. The Morgan fingerprint density at radius 1 is 1.03 bits per heavy atom. The van der Waals surface area contributed by atoms with Gasteiger partial charge in [-0.05, 0) is 68.0 Å². The number of carbonyl (C=O) groups excluding carboxylic acids is 2. The highest BCUT2D eigenvalue weighted by Crippen LogP contribution is 2.36. The lowest BCUT2D eigenvalue weighted by Crippen LogP contribution is -2.09. The zero-order valence-electron chi connectivity index (χ0n) is 18.4. The zero-order valence-corrected chi connectivity index (χ0v) is 19.1. The third-order valence-corrected chi connectivity index (χ3v) is 5.62. The number of hydrogen-bond donors (Lipinski definition) is 0. The van der Waals surface area contributed by atoms with Crippen LogP contribution in [0.15, 0.2) is 70.8 Å². The Bertz CT molecular complexity index is 1460. The lowest BCUT2D eigenvalue weighted by molar-refractivity contribution is 0.0734. The Morgan fingerprint density at radius 3 is 2.56 bits per heavy atom. The average Bonchev–Trinajstić information content (AvgIpc) is 3.30. The van der Waals surface area contributed by atoms with Crippen LogP contribution in [0.1, 0.15) is 39.0 Å². The maximum Gasteiger partial charge on any atom is 0.347 e. The van der Waals surface area contributed by atoms with Gasteiger partial charge in [-0.1, -0.05) is 23.7 Å². The molecular formula is C27H19ClO6. The van der Waals surface area contributed by atoms with Crippen LogP contribution in [0, 0.1) is 6.92 Å². The van der Waals surface area contributed by atoms with Crippen molar-refractivity contribution in [2.24, 2.45) is 0 Å². The van der Waals surface area contributed by atoms with Crippen molar-refractivity contribution in [1.29, 1.82) is 0 Å². The molecule has 1 aromatic heterocycles. The van der Waals surface area contributed by atoms with Crippen molar-refractivity contribution >= 4 is 40.4 Å². The summed E-state index contributed by atoms with van der Waals surface area (Å²) in [6, 6.07) is 17.0. The summed E-state index contributed by atoms with van der Waals surface area (Å²) in [7, 11) is 0. The molecule has 1 aliphatic heterocycles. The molecule has 0 amide bonds. The lowest BCUT2D eigenvalue weighted by Gasteiger charge is -2.06. The Hall–Kier alpha value is -4.03. The Balaban J connectivity index is 1.40. The average molecular weight is 475 g/mol. The van der Waals surface area contributed by atoms with Crippen molar-refractivity contribution in [3.63, 3.8) is 0 Å². The summed E-state index contributed by atoms with van der Waals surface area (Å²) in [5.74, 6) is 1.00. The van der Waals surface area contributed by atoms with E-state index in [-0.39, 0.29) is 17.3 Å². The standard InChI is InChI=1S/C27H19ClO6/c1-3-31-18-9-11-22-21(13-18)25(15(2)32-22)27(30)33-19-8-10-20-23(14-19)34-24(26(20)29)12-16-4-6-17(28)7-5-16/h4-14H,3H2,1-2H3. The number of esters is 1. The van der Waals surface area contributed by atoms with Gasteiger partial charge >= 0.3 is 5.97 Å². The van der Waals surface area contributed by atoms with E-state index >= 15 is 0 Å². The highest BCUT2D eigenvalue weighted by molar-refractivity contribution is 6.30. The first-order valence-corrected chi connectivity index (χ1v) is 11.0. The summed E-state index contributed by atoms with van der Waals surface area (Å²) in [4.78, 5) is 25.7. The van der Waals surface area contributed by atoms with Gasteiger partial charge in [0.2, 0.25) is 5.78 Å². The fourth-order valence-electron chi connectivity index (χ4n) is 3.81. The number of furan rings is 1. The number of hydrogen-bond acceptors (Lipinski definition) is 6. The van der Waals surface area contributed by atoms with Gasteiger partial charge in [0.25, 0.3) is 0 Å². The monoisotopic (exact) mass is 474 g/mol. The fraction of sp³-hybridized carbons (Fsp3) is 0.111. The number of ketones is 1. The van der Waals surface area contributed by atoms with E-state index in [1.54, 1.807) is 67.6 Å². The highest BCUT2D eigenvalue weighted by atomic mass is 35.5. The van der Waals surface area contributed by atoms with Crippen LogP contribution in [-0.2, 0) is 0 Å². The maximum atomic E-state index is 13.0. The van der Waals surface area contributed by atoms with Gasteiger partial charge in [0.05, 0.1) is 12.2 Å². The largest absolute Gasteiger partial charge is 0.494 e. The first-order valence-electron chi connectivity index (χ1n) is 10.6. The second-order valence-electron chi connectivity index (χ2n) is 7.66. The number of ether oxygens (including phenoxy) is 3. The number of benzene rings is 3. The predicted octanol–water partition coefficient (Wildman–Crippen LogP) is 6.63. The van der Waals surface area contributed by atoms with Gasteiger partial charge in [-0.2, -0.15) is 0 Å². The molecule has 5 rings (SSSR count). The van der Waals surface area contributed by atoms with Crippen molar-refractivity contribution in [3.8, 4) is 17.2 Å². The van der Waals surface area contributed by atoms with Crippen molar-refractivity contribution in [3.05, 3.63) is 93.9 Å². The zero-order chi connectivity index (χ0) is 23.8. The first kappa shape index (κ1) is 21.8. The minimum atomic E-state index is -0.578. The van der Waals surface area contributed by atoms with Crippen LogP contribution in [0.3, 0.4) is 0 Å². The molecule has 0 spiro atoms. The number of fused-ring (bicyclic) bond motifs is 2. The van der Waals surface area contributed by atoms with Gasteiger partial charge in [0, 0.05) is 16.5 Å². The summed E-state index contributed by atoms with van der Waals surface area (Å²) in [5.41, 5.74) is 2.05. The molecule has 0 radical (unpaired) electrons. The maximum absolute atomic E-state index is 13.0. The Kier molecular flexibility index (Phi) is 5.59. The van der Waals surface area contributed by atoms with Crippen molar-refractivity contribution in [2.45, 2.75) is 13.8 Å². The second-order valence-corrected chi connectivity index (χ2v) is 8.10. The summed E-state index contributed by atoms with van der Waals surface area (Å²) in [5, 5.41) is 1.21. The van der Waals surface area contributed by atoms with E-state index in [0.717, 1.165) is 5.56 Å². The molecule has 3 aromatic carbocycles. The topological polar surface area (TPSA) is 75.0 Å². The van der Waals surface area contributed by atoms with Gasteiger partial charge in [0.1, 0.15) is 34.2 Å². The molecule has 4 aromatic rings. The number of carbonyl (C=O) groups is 2. The number of Topliss-reactive ketones (excluding diaryl/α,β-unsaturated/α-hetero) is 1. The van der Waals surface area contributed by atoms with Gasteiger partial charge in [0.15, 0.2) is 5.76 Å². The van der Waals surface area contributed by atoms with E-state index < -0.39 is 5.97 Å². The Morgan fingerprint density at radius 2 is 1.79 bits per heavy atom. The Labute approximate surface area is 200 Å². The van der Waals surface area contributed by atoms with E-state index in [1.807, 2.05) is 6.92 Å². The molecule has 170 valence electrons. The molecule has 0 saturated carbocycles. The molecule has 0 N–H and O–H groups in total. The van der Waals surface area contributed by atoms with Crippen molar-refractivity contribution in [2.75, 3.05) is 6.61 Å². The van der Waals surface area contributed by atoms with Crippen LogP contribution in [0.25, 0.3) is 17.0 Å². The molecule has 7 heteroatoms. The second kappa shape index (κ2) is 8.72. The molecule has 0 atom stereocenters. The first-order chi connectivity index (χ1) is 16.4. The van der Waals surface area contributed by atoms with E-state index in [4.69, 9.17) is 30.2 Å². The molecule has 0 aliphatic carbocycles. The molecule has 0 bridgehead atoms. The normalized spacial score (nSPS) is 13.7. The van der Waals surface area contributed by atoms with Crippen LogP contribution in [0.4, 0.5) is 0 Å². The molecule has 0 fully saturated rings. The minimum Gasteiger partial charge on any atom is -0.494 e. The quantitative estimate of drug-likeness (QED) is 0.183. The third kappa shape index (κ3) is 4.04. The van der Waals surface area contributed by atoms with E-state index in [0.29, 0.717) is 51.0 Å². The number of rotatable bonds is 5. The SMILES string of the molecule is CCOc1ccc2oc(C)c(C(=O)Oc3ccc4c(c3)OC(=Cc3ccc(Cl)cc3)C4=O)c2c1. The summed E-state index contributed by atoms with van der Waals surface area (Å²) < 4.78 is 22.6. The van der Waals surface area contributed by atoms with Crippen LogP contribution >= 0.6 is 11.6 Å². The van der Waals surface area contributed by atoms with Crippen LogP contribution in [-0.4, -0.2) is 18.4 Å². The summed E-state index contributed by atoms with van der Waals surface area (Å²) in [6.07, 6.45) is 1.64. The number of allylic oxidation sites excluding steroid dienone is 1. The summed E-state index contributed by atoms with van der Waals surface area (Å²) >= 11 is 5.92. The van der Waals surface area contributed by atoms with Crippen LogP contribution in [0.5, 0.6) is 17.2 Å². The van der Waals surface area contributed by atoms with Crippen LogP contribution in [0.2, 0.25) is 5.02 Å². The van der Waals surface area contributed by atoms with Crippen molar-refractivity contribution < 1.29 is 28.2 Å². The lowest BCUT2D eigenvalue weighted by atomic mass is 10.1. The highest BCUT2D eigenvalue weighted by Gasteiger charge is 2.28. The van der Waals surface area contributed by atoms with Gasteiger partial charge in [-0.3, -0.25) is 4.79 Å². The van der Waals surface area contributed by atoms with Crippen LogP contribution < -0.4 is 14.2 Å². The van der Waals surface area contributed by atoms with Crippen molar-refractivity contribution in [1.82, 2.24) is 0 Å². The fourth-order valence-corrected chi connectivity index (χ4v) is 3.93. The minimum absolute atomic E-state index is 0.181. The molecular weight excluding hydrogens is 456 g/mol. The number of aryl methyl sites for hydroxylation is 1. The molecule has 1 aliphatic rings. The van der Waals surface area contributed by atoms with E-state index in [1.165, 1.54) is 6.07 Å². The van der Waals surface area contributed by atoms with E-state index in [2.05, 4.69) is 0 Å². The summed E-state index contributed by atoms with van der Waals surface area (Å²) in [6.45, 7) is 4.09. The van der Waals surface area contributed by atoms with Gasteiger partial charge in [-0.15, -0.1) is 0 Å². The van der Waals surface area contributed by atoms with E-state index in [9.17, 15) is 9.59 Å². The predicted molar refractivity (Wildman–Crippen MR) is 128 cm³/mol. The number of halogens is 1. The van der Waals surface area contributed by atoms with Gasteiger partial charge in [-0.25, -0.2) is 4.79 Å². The molecule has 34 heavy (non-hydrogen) atoms. The third-order valence-electron chi connectivity index (χ3n) is 5.37. The molecule has 2 heterocycles. The van der Waals surface area contributed by atoms with Gasteiger partial charge < -0.3 is 18.6 Å². The smallest absolute Gasteiger partial charge is 0.347 e. The molecule has 0 unspecified atom stereocenters.